The average molecular weight is 192 g/mol. The fourth-order valence-electron chi connectivity index (χ4n) is 1.02. The molecule has 80 valence electrons. The molecule has 0 radical (unpaired) electrons. The van der Waals surface area contributed by atoms with Crippen LogP contribution in [0.4, 0.5) is 0 Å². The quantitative estimate of drug-likeness (QED) is 0.664. The molecule has 0 saturated carbocycles. The van der Waals surface area contributed by atoms with Crippen molar-refractivity contribution in [3.05, 3.63) is 0 Å². The van der Waals surface area contributed by atoms with Crippen LogP contribution in [0.3, 0.4) is 0 Å². The highest BCUT2D eigenvalue weighted by molar-refractivity contribution is 4.77. The topological polar surface area (TPSA) is 58.9 Å². The van der Waals surface area contributed by atoms with Crippen LogP contribution < -0.4 is 0 Å². The molecule has 1 fully saturated rings. The minimum atomic E-state index is -0.127. The van der Waals surface area contributed by atoms with Gasteiger partial charge in [0.2, 0.25) is 0 Å². The second-order valence-corrected chi connectivity index (χ2v) is 3.14. The van der Waals surface area contributed by atoms with Gasteiger partial charge in [-0.15, -0.1) is 0 Å². The number of hydrogen-bond acceptors (Lipinski definition) is 4. The summed E-state index contributed by atoms with van der Waals surface area (Å²) in [5.41, 5.74) is -0.127. The highest BCUT2D eigenvalue weighted by Crippen LogP contribution is 2.24. The first-order chi connectivity index (χ1) is 6.24. The summed E-state index contributed by atoms with van der Waals surface area (Å²) in [5.74, 6) is 0. The molecule has 1 heterocycles. The van der Waals surface area contributed by atoms with Crippen molar-refractivity contribution in [2.24, 2.45) is 5.41 Å². The number of aliphatic hydroxyl groups is 2. The Bertz CT molecular complexity index is 104. The third-order valence-electron chi connectivity index (χ3n) is 2.07. The van der Waals surface area contributed by atoms with Crippen LogP contribution in [-0.4, -0.2) is 43.4 Å². The van der Waals surface area contributed by atoms with E-state index in [1.54, 1.807) is 6.92 Å². The second-order valence-electron chi connectivity index (χ2n) is 3.14. The van der Waals surface area contributed by atoms with Crippen LogP contribution in [0.25, 0.3) is 0 Å². The maximum absolute atomic E-state index is 8.98. The molecule has 0 aromatic heterocycles. The van der Waals surface area contributed by atoms with Crippen molar-refractivity contribution in [2.45, 2.75) is 20.3 Å². The Morgan fingerprint density at radius 1 is 1.15 bits per heavy atom. The van der Waals surface area contributed by atoms with Gasteiger partial charge in [0.1, 0.15) is 6.79 Å². The largest absolute Gasteiger partial charge is 0.397 e. The zero-order valence-electron chi connectivity index (χ0n) is 8.45. The lowest BCUT2D eigenvalue weighted by Gasteiger charge is -2.33. The number of rotatable bonds is 2. The van der Waals surface area contributed by atoms with Gasteiger partial charge in [-0.1, -0.05) is 6.92 Å². The van der Waals surface area contributed by atoms with Crippen LogP contribution in [0.5, 0.6) is 0 Å². The summed E-state index contributed by atoms with van der Waals surface area (Å²) in [6.45, 7) is 5.75. The van der Waals surface area contributed by atoms with Crippen LogP contribution in [0.1, 0.15) is 20.3 Å². The van der Waals surface area contributed by atoms with Gasteiger partial charge in [-0.3, -0.25) is 0 Å². The Morgan fingerprint density at radius 2 is 1.62 bits per heavy atom. The Balaban J connectivity index is 0.000000424. The minimum Gasteiger partial charge on any atom is -0.397 e. The predicted molar refractivity (Wildman–Crippen MR) is 49.3 cm³/mol. The molecule has 0 bridgehead atoms. The van der Waals surface area contributed by atoms with Gasteiger partial charge < -0.3 is 19.7 Å². The van der Waals surface area contributed by atoms with Gasteiger partial charge >= 0.3 is 0 Å². The predicted octanol–water partition coefficient (Wildman–Crippen LogP) is 0.378. The van der Waals surface area contributed by atoms with Gasteiger partial charge in [-0.2, -0.15) is 0 Å². The first-order valence-corrected chi connectivity index (χ1v) is 4.62. The van der Waals surface area contributed by atoms with Crippen molar-refractivity contribution in [3.63, 3.8) is 0 Å². The van der Waals surface area contributed by atoms with Gasteiger partial charge in [-0.05, 0) is 13.3 Å². The molecule has 0 aromatic carbocycles. The van der Waals surface area contributed by atoms with E-state index in [-0.39, 0.29) is 18.6 Å². The molecule has 1 aliphatic rings. The van der Waals surface area contributed by atoms with Crippen LogP contribution in [0.2, 0.25) is 0 Å². The molecule has 0 atom stereocenters. The van der Waals surface area contributed by atoms with Crippen molar-refractivity contribution in [2.75, 3.05) is 33.2 Å². The Morgan fingerprint density at radius 3 is 1.85 bits per heavy atom. The molecule has 2 N–H and O–H groups in total. The third kappa shape index (κ3) is 4.57. The lowest BCUT2D eigenvalue weighted by molar-refractivity contribution is -0.176. The summed E-state index contributed by atoms with van der Waals surface area (Å²) in [6, 6.07) is 0. The molecule has 13 heavy (non-hydrogen) atoms. The van der Waals surface area contributed by atoms with E-state index >= 15 is 0 Å². The highest BCUT2D eigenvalue weighted by atomic mass is 16.7. The smallest absolute Gasteiger partial charge is 0.146 e. The highest BCUT2D eigenvalue weighted by Gasteiger charge is 2.30. The van der Waals surface area contributed by atoms with Gasteiger partial charge in [0, 0.05) is 12.0 Å². The lowest BCUT2D eigenvalue weighted by Crippen LogP contribution is -2.39. The molecule has 0 spiro atoms. The van der Waals surface area contributed by atoms with Crippen LogP contribution in [0, 0.1) is 5.41 Å². The number of ether oxygens (including phenoxy) is 2. The fraction of sp³-hybridized carbons (Fsp3) is 1.00. The molecule has 0 unspecified atom stereocenters. The molecule has 1 aliphatic heterocycles. The zero-order chi connectivity index (χ0) is 10.2. The van der Waals surface area contributed by atoms with Gasteiger partial charge in [0.25, 0.3) is 0 Å². The number of hydrogen-bond donors (Lipinski definition) is 2. The van der Waals surface area contributed by atoms with E-state index in [2.05, 4.69) is 0 Å². The third-order valence-corrected chi connectivity index (χ3v) is 2.07. The average Bonchev–Trinajstić information content (AvgIpc) is 2.20. The first kappa shape index (κ1) is 12.8. The molecular weight excluding hydrogens is 172 g/mol. The van der Waals surface area contributed by atoms with E-state index in [1.165, 1.54) is 0 Å². The van der Waals surface area contributed by atoms with E-state index in [4.69, 9.17) is 19.7 Å². The summed E-state index contributed by atoms with van der Waals surface area (Å²) >= 11 is 0. The van der Waals surface area contributed by atoms with Crippen molar-refractivity contribution >= 4 is 0 Å². The summed E-state index contributed by atoms with van der Waals surface area (Å²) in [4.78, 5) is 0. The Labute approximate surface area is 79.5 Å². The van der Waals surface area contributed by atoms with Crippen LogP contribution in [-0.2, 0) is 9.47 Å². The summed E-state index contributed by atoms with van der Waals surface area (Å²) in [7, 11) is 0. The van der Waals surface area contributed by atoms with E-state index < -0.39 is 0 Å². The fourth-order valence-corrected chi connectivity index (χ4v) is 1.02. The minimum absolute atomic E-state index is 0.127. The second kappa shape index (κ2) is 7.26. The van der Waals surface area contributed by atoms with Crippen molar-refractivity contribution < 1.29 is 19.7 Å². The molecule has 0 amide bonds. The van der Waals surface area contributed by atoms with Gasteiger partial charge in [0.15, 0.2) is 0 Å². The van der Waals surface area contributed by atoms with Crippen LogP contribution in [0.15, 0.2) is 0 Å². The summed E-state index contributed by atoms with van der Waals surface area (Å²) in [5, 5.41) is 16.6. The maximum atomic E-state index is 8.98. The van der Waals surface area contributed by atoms with E-state index in [0.717, 1.165) is 6.42 Å². The SMILES string of the molecule is CCC1(CO)COCOC1.CCO. The summed E-state index contributed by atoms with van der Waals surface area (Å²) in [6.07, 6.45) is 0.906. The van der Waals surface area contributed by atoms with E-state index in [0.29, 0.717) is 20.0 Å². The standard InChI is InChI=1S/C7H14O3.C2H6O/c1-2-7(3-8)4-9-6-10-5-7;1-2-3/h8H,2-6H2,1H3;3H,2H2,1H3. The van der Waals surface area contributed by atoms with Crippen molar-refractivity contribution in [1.29, 1.82) is 0 Å². The Hall–Kier alpha value is -0.160. The first-order valence-electron chi connectivity index (χ1n) is 4.62. The Kier molecular flexibility index (Phi) is 7.17. The molecular formula is C9H20O4. The molecule has 0 aromatic rings. The molecule has 4 heteroatoms. The van der Waals surface area contributed by atoms with Gasteiger partial charge in [-0.25, -0.2) is 0 Å². The normalized spacial score (nSPS) is 20.3. The van der Waals surface area contributed by atoms with E-state index in [9.17, 15) is 0 Å². The van der Waals surface area contributed by atoms with Crippen molar-refractivity contribution in [3.8, 4) is 0 Å². The van der Waals surface area contributed by atoms with Crippen molar-refractivity contribution in [1.82, 2.24) is 0 Å². The van der Waals surface area contributed by atoms with Crippen LogP contribution >= 0.6 is 0 Å². The molecule has 0 aliphatic carbocycles. The van der Waals surface area contributed by atoms with E-state index in [1.807, 2.05) is 6.92 Å². The molecule has 1 saturated heterocycles. The maximum Gasteiger partial charge on any atom is 0.146 e. The lowest BCUT2D eigenvalue weighted by atomic mass is 9.88. The zero-order valence-corrected chi connectivity index (χ0v) is 8.45. The molecule has 1 rings (SSSR count). The van der Waals surface area contributed by atoms with Gasteiger partial charge in [0.05, 0.1) is 19.8 Å². The monoisotopic (exact) mass is 192 g/mol. The number of aliphatic hydroxyl groups excluding tert-OH is 2. The molecule has 4 nitrogen and oxygen atoms in total. The summed E-state index contributed by atoms with van der Waals surface area (Å²) < 4.78 is 10.2.